The summed E-state index contributed by atoms with van der Waals surface area (Å²) in [4.78, 5) is 2.53. The highest BCUT2D eigenvalue weighted by atomic mass is 16.3. The van der Waals surface area contributed by atoms with Gasteiger partial charge in [-0.1, -0.05) is 0 Å². The van der Waals surface area contributed by atoms with Crippen molar-refractivity contribution in [2.45, 2.75) is 32.2 Å². The predicted octanol–water partition coefficient (Wildman–Crippen LogP) is 0.674. The van der Waals surface area contributed by atoms with Gasteiger partial charge in [0.1, 0.15) is 0 Å². The van der Waals surface area contributed by atoms with Crippen LogP contribution in [0, 0.1) is 17.8 Å². The zero-order valence-corrected chi connectivity index (χ0v) is 9.73. The highest BCUT2D eigenvalue weighted by Gasteiger charge is 2.41. The Morgan fingerprint density at radius 3 is 2.40 bits per heavy atom. The van der Waals surface area contributed by atoms with Crippen LogP contribution in [0.4, 0.5) is 0 Å². The van der Waals surface area contributed by atoms with Crippen LogP contribution in [-0.4, -0.2) is 42.3 Å². The SMILES string of the molecule is CC(N)CN1CC2CCC(C1)C2CCO. The van der Waals surface area contributed by atoms with Crippen LogP contribution in [0.3, 0.4) is 0 Å². The van der Waals surface area contributed by atoms with Gasteiger partial charge in [-0.15, -0.1) is 0 Å². The standard InChI is InChI=1S/C12H24N2O/c1-9(13)6-14-7-10-2-3-11(8-14)12(10)4-5-15/h9-12,15H,2-8,13H2,1H3. The van der Waals surface area contributed by atoms with E-state index in [2.05, 4.69) is 11.8 Å². The smallest absolute Gasteiger partial charge is 0.0433 e. The third kappa shape index (κ3) is 2.52. The van der Waals surface area contributed by atoms with Crippen molar-refractivity contribution in [3.8, 4) is 0 Å². The van der Waals surface area contributed by atoms with Crippen molar-refractivity contribution in [1.29, 1.82) is 0 Å². The second-order valence-corrected chi connectivity index (χ2v) is 5.47. The van der Waals surface area contributed by atoms with Gasteiger partial charge < -0.3 is 15.7 Å². The number of likely N-dealkylation sites (tertiary alicyclic amines) is 1. The van der Waals surface area contributed by atoms with E-state index in [-0.39, 0.29) is 0 Å². The van der Waals surface area contributed by atoms with Crippen molar-refractivity contribution in [2.24, 2.45) is 23.5 Å². The monoisotopic (exact) mass is 212 g/mol. The number of piperidine rings is 1. The van der Waals surface area contributed by atoms with Crippen molar-refractivity contribution in [2.75, 3.05) is 26.2 Å². The first-order chi connectivity index (χ1) is 7.20. The Morgan fingerprint density at radius 2 is 1.93 bits per heavy atom. The lowest BCUT2D eigenvalue weighted by Crippen LogP contribution is -2.46. The largest absolute Gasteiger partial charge is 0.396 e. The van der Waals surface area contributed by atoms with E-state index >= 15 is 0 Å². The normalized spacial score (nSPS) is 38.2. The summed E-state index contributed by atoms with van der Waals surface area (Å²) < 4.78 is 0. The summed E-state index contributed by atoms with van der Waals surface area (Å²) in [5, 5.41) is 9.06. The zero-order chi connectivity index (χ0) is 10.8. The van der Waals surface area contributed by atoms with Gasteiger partial charge in [0.25, 0.3) is 0 Å². The van der Waals surface area contributed by atoms with Gasteiger partial charge in [0.05, 0.1) is 0 Å². The molecule has 0 spiro atoms. The van der Waals surface area contributed by atoms with Crippen LogP contribution in [0.25, 0.3) is 0 Å². The first-order valence-electron chi connectivity index (χ1n) is 6.29. The van der Waals surface area contributed by atoms with Gasteiger partial charge in [0.15, 0.2) is 0 Å². The van der Waals surface area contributed by atoms with Gasteiger partial charge in [0.2, 0.25) is 0 Å². The highest BCUT2D eigenvalue weighted by molar-refractivity contribution is 4.93. The van der Waals surface area contributed by atoms with Gasteiger partial charge in [0, 0.05) is 32.3 Å². The summed E-state index contributed by atoms with van der Waals surface area (Å²) in [7, 11) is 0. The Bertz CT molecular complexity index is 194. The number of nitrogens with two attached hydrogens (primary N) is 1. The molecule has 3 atom stereocenters. The van der Waals surface area contributed by atoms with Crippen LogP contribution >= 0.6 is 0 Å². The minimum Gasteiger partial charge on any atom is -0.396 e. The molecule has 1 aliphatic carbocycles. The summed E-state index contributed by atoms with van der Waals surface area (Å²) >= 11 is 0. The second kappa shape index (κ2) is 4.81. The molecule has 1 saturated carbocycles. The molecule has 2 rings (SSSR count). The van der Waals surface area contributed by atoms with Crippen molar-refractivity contribution in [3.05, 3.63) is 0 Å². The molecular weight excluding hydrogens is 188 g/mol. The molecule has 0 radical (unpaired) electrons. The quantitative estimate of drug-likeness (QED) is 0.720. The van der Waals surface area contributed by atoms with Crippen LogP contribution < -0.4 is 5.73 Å². The maximum atomic E-state index is 9.06. The summed E-state index contributed by atoms with van der Waals surface area (Å²) in [6.45, 7) is 5.91. The van der Waals surface area contributed by atoms with E-state index in [9.17, 15) is 0 Å². The maximum Gasteiger partial charge on any atom is 0.0433 e. The van der Waals surface area contributed by atoms with E-state index in [4.69, 9.17) is 10.8 Å². The first kappa shape index (κ1) is 11.4. The van der Waals surface area contributed by atoms with E-state index in [0.29, 0.717) is 12.6 Å². The molecule has 0 aromatic heterocycles. The van der Waals surface area contributed by atoms with Crippen molar-refractivity contribution in [3.63, 3.8) is 0 Å². The number of aliphatic hydroxyl groups excluding tert-OH is 1. The van der Waals surface area contributed by atoms with Crippen molar-refractivity contribution < 1.29 is 5.11 Å². The number of rotatable bonds is 4. The minimum absolute atomic E-state index is 0.291. The topological polar surface area (TPSA) is 49.5 Å². The summed E-state index contributed by atoms with van der Waals surface area (Å²) in [5.74, 6) is 2.45. The fraction of sp³-hybridized carbons (Fsp3) is 1.00. The van der Waals surface area contributed by atoms with Crippen LogP contribution in [0.15, 0.2) is 0 Å². The van der Waals surface area contributed by atoms with E-state index in [1.165, 1.54) is 25.9 Å². The van der Waals surface area contributed by atoms with Gasteiger partial charge in [-0.3, -0.25) is 0 Å². The molecular formula is C12H24N2O. The Kier molecular flexibility index (Phi) is 3.65. The molecule has 15 heavy (non-hydrogen) atoms. The average Bonchev–Trinajstić information content (AvgIpc) is 2.43. The molecule has 0 aromatic rings. The number of hydrogen-bond acceptors (Lipinski definition) is 3. The summed E-state index contributed by atoms with van der Waals surface area (Å²) in [6.07, 6.45) is 3.75. The Labute approximate surface area is 92.6 Å². The molecule has 2 aliphatic rings. The second-order valence-electron chi connectivity index (χ2n) is 5.47. The Morgan fingerprint density at radius 1 is 1.33 bits per heavy atom. The lowest BCUT2D eigenvalue weighted by Gasteiger charge is -2.38. The number of fused-ring (bicyclic) bond motifs is 2. The van der Waals surface area contributed by atoms with E-state index in [1.807, 2.05) is 0 Å². The van der Waals surface area contributed by atoms with Gasteiger partial charge >= 0.3 is 0 Å². The van der Waals surface area contributed by atoms with Gasteiger partial charge in [-0.25, -0.2) is 0 Å². The number of nitrogens with zero attached hydrogens (tertiary/aromatic N) is 1. The molecule has 3 heteroatoms. The van der Waals surface area contributed by atoms with Crippen molar-refractivity contribution >= 4 is 0 Å². The third-order valence-electron chi connectivity index (χ3n) is 4.11. The minimum atomic E-state index is 0.291. The van der Waals surface area contributed by atoms with Crippen LogP contribution in [0.2, 0.25) is 0 Å². The van der Waals surface area contributed by atoms with Crippen LogP contribution in [0.5, 0.6) is 0 Å². The molecule has 1 aliphatic heterocycles. The molecule has 1 heterocycles. The molecule has 2 fully saturated rings. The lowest BCUT2D eigenvalue weighted by atomic mass is 9.83. The zero-order valence-electron chi connectivity index (χ0n) is 9.73. The van der Waals surface area contributed by atoms with E-state index < -0.39 is 0 Å². The molecule has 1 saturated heterocycles. The fourth-order valence-corrected chi connectivity index (χ4v) is 3.61. The fourth-order valence-electron chi connectivity index (χ4n) is 3.61. The Hall–Kier alpha value is -0.120. The number of aliphatic hydroxyl groups is 1. The molecule has 2 bridgehead atoms. The summed E-state index contributed by atoms with van der Waals surface area (Å²) in [5.41, 5.74) is 5.85. The Balaban J connectivity index is 1.90. The van der Waals surface area contributed by atoms with Crippen LogP contribution in [0.1, 0.15) is 26.2 Å². The first-order valence-corrected chi connectivity index (χ1v) is 6.29. The predicted molar refractivity (Wildman–Crippen MR) is 61.5 cm³/mol. The highest BCUT2D eigenvalue weighted by Crippen LogP contribution is 2.43. The summed E-state index contributed by atoms with van der Waals surface area (Å²) in [6, 6.07) is 0.291. The molecule has 3 unspecified atom stereocenters. The van der Waals surface area contributed by atoms with Crippen molar-refractivity contribution in [1.82, 2.24) is 4.90 Å². The van der Waals surface area contributed by atoms with Crippen LogP contribution in [-0.2, 0) is 0 Å². The molecule has 3 nitrogen and oxygen atoms in total. The molecule has 88 valence electrons. The molecule has 0 amide bonds. The maximum absolute atomic E-state index is 9.06. The van der Waals surface area contributed by atoms with E-state index in [1.54, 1.807) is 0 Å². The molecule has 3 N–H and O–H groups in total. The third-order valence-corrected chi connectivity index (χ3v) is 4.11. The molecule has 0 aromatic carbocycles. The number of hydrogen-bond donors (Lipinski definition) is 2. The lowest BCUT2D eigenvalue weighted by molar-refractivity contribution is 0.0869. The van der Waals surface area contributed by atoms with Gasteiger partial charge in [-0.2, -0.15) is 0 Å². The average molecular weight is 212 g/mol. The van der Waals surface area contributed by atoms with E-state index in [0.717, 1.165) is 30.7 Å². The van der Waals surface area contributed by atoms with Gasteiger partial charge in [-0.05, 0) is 43.9 Å².